The third-order valence-corrected chi connectivity index (χ3v) is 9.43. The molecular formula is C43H17F3N8. The summed E-state index contributed by atoms with van der Waals surface area (Å²) in [4.78, 5) is 14.4. The molecule has 8 nitrogen and oxygen atoms in total. The Kier molecular flexibility index (Phi) is 7.39. The minimum Gasteiger partial charge on any atom is -0.311 e. The van der Waals surface area contributed by atoms with E-state index in [-0.39, 0.29) is 50.8 Å². The van der Waals surface area contributed by atoms with Crippen LogP contribution in [0.15, 0.2) is 103 Å². The lowest BCUT2D eigenvalue weighted by Crippen LogP contribution is -2.11. The van der Waals surface area contributed by atoms with E-state index < -0.39 is 17.3 Å². The van der Waals surface area contributed by atoms with Gasteiger partial charge in [-0.15, -0.1) is 0 Å². The average molecular weight is 703 g/mol. The van der Waals surface area contributed by atoms with E-state index in [1.54, 1.807) is 81.9 Å². The first-order chi connectivity index (χ1) is 26.1. The van der Waals surface area contributed by atoms with Gasteiger partial charge in [0.25, 0.3) is 0 Å². The Morgan fingerprint density at radius 2 is 0.944 bits per heavy atom. The van der Waals surface area contributed by atoms with Crippen molar-refractivity contribution in [2.75, 3.05) is 0 Å². The highest BCUT2D eigenvalue weighted by molar-refractivity contribution is 6.14. The van der Waals surface area contributed by atoms with Crippen molar-refractivity contribution >= 4 is 66.4 Å². The van der Waals surface area contributed by atoms with Crippen LogP contribution in [0.5, 0.6) is 0 Å². The molecule has 0 radical (unpaired) electrons. The highest BCUT2D eigenvalue weighted by atomic mass is 19.4. The third-order valence-electron chi connectivity index (χ3n) is 9.43. The van der Waals surface area contributed by atoms with E-state index in [2.05, 4.69) is 31.5 Å². The number of hydrogen-bond acceptors (Lipinski definition) is 2. The first kappa shape index (κ1) is 32.8. The summed E-state index contributed by atoms with van der Waals surface area (Å²) < 4.78 is 49.0. The van der Waals surface area contributed by atoms with Gasteiger partial charge in [0.2, 0.25) is 0 Å². The molecule has 8 aromatic rings. The maximum absolute atomic E-state index is 15.2. The zero-order valence-electron chi connectivity index (χ0n) is 27.5. The number of nitriles is 2. The number of rotatable bonds is 3. The molecule has 250 valence electrons. The van der Waals surface area contributed by atoms with Gasteiger partial charge < -0.3 is 9.13 Å². The number of alkyl halides is 3. The Balaban J connectivity index is 1.71. The lowest BCUT2D eigenvalue weighted by Gasteiger charge is -2.24. The largest absolute Gasteiger partial charge is 0.415 e. The van der Waals surface area contributed by atoms with Crippen LogP contribution in [0.1, 0.15) is 16.7 Å². The van der Waals surface area contributed by atoms with Gasteiger partial charge in [0, 0.05) is 49.2 Å². The van der Waals surface area contributed by atoms with E-state index in [0.717, 1.165) is 12.1 Å². The van der Waals surface area contributed by atoms with E-state index in [1.807, 2.05) is 0 Å². The second kappa shape index (κ2) is 12.2. The molecule has 0 spiro atoms. The van der Waals surface area contributed by atoms with E-state index in [4.69, 9.17) is 26.3 Å². The van der Waals surface area contributed by atoms with Gasteiger partial charge in [-0.05, 0) is 42.5 Å². The highest BCUT2D eigenvalue weighted by Crippen LogP contribution is 2.50. The molecule has 11 heteroatoms. The van der Waals surface area contributed by atoms with Crippen LogP contribution in [0.4, 0.5) is 35.9 Å². The lowest BCUT2D eigenvalue weighted by molar-refractivity contribution is -0.137. The van der Waals surface area contributed by atoms with Crippen LogP contribution in [0.3, 0.4) is 0 Å². The maximum Gasteiger partial charge on any atom is 0.415 e. The fourth-order valence-corrected chi connectivity index (χ4v) is 7.22. The number of nitrogens with zero attached hydrogens (tertiary/aromatic N) is 8. The lowest BCUT2D eigenvalue weighted by atomic mass is 9.92. The van der Waals surface area contributed by atoms with Gasteiger partial charge in [0.15, 0.2) is 22.7 Å². The van der Waals surface area contributed by atoms with Gasteiger partial charge in [0.05, 0.1) is 72.0 Å². The van der Waals surface area contributed by atoms with Crippen molar-refractivity contribution in [2.45, 2.75) is 6.18 Å². The van der Waals surface area contributed by atoms with Crippen LogP contribution in [0.2, 0.25) is 0 Å². The average Bonchev–Trinajstić information content (AvgIpc) is 3.70. The SMILES string of the molecule is [C-]#[N+]c1ccc2c3ccc(C#N)cc3n(-c3cc(C#N)cc(-n4c5cc([N+]#[C-])ccc5c5ccc([N+]#[C-])cc54)c3-c3c([N+]#[C-])cccc3C(F)(F)F)c2c1. The number of halogens is 3. The van der Waals surface area contributed by atoms with E-state index in [0.29, 0.717) is 43.6 Å². The molecule has 0 unspecified atom stereocenters. The van der Waals surface area contributed by atoms with Crippen molar-refractivity contribution in [3.05, 3.63) is 165 Å². The molecule has 8 rings (SSSR count). The first-order valence-corrected chi connectivity index (χ1v) is 16.0. The summed E-state index contributed by atoms with van der Waals surface area (Å²) in [6.07, 6.45) is -4.94. The summed E-state index contributed by atoms with van der Waals surface area (Å²) >= 11 is 0. The Labute approximate surface area is 304 Å². The minimum atomic E-state index is -4.94. The van der Waals surface area contributed by atoms with Gasteiger partial charge in [-0.2, -0.15) is 23.7 Å². The van der Waals surface area contributed by atoms with Crippen LogP contribution in [-0.2, 0) is 6.18 Å². The Morgan fingerprint density at radius 3 is 1.35 bits per heavy atom. The maximum atomic E-state index is 15.2. The molecule has 0 saturated carbocycles. The second-order valence-electron chi connectivity index (χ2n) is 12.3. The van der Waals surface area contributed by atoms with Crippen LogP contribution in [0.25, 0.3) is 85.5 Å². The Morgan fingerprint density at radius 1 is 0.500 bits per heavy atom. The van der Waals surface area contributed by atoms with Gasteiger partial charge >= 0.3 is 6.18 Å². The van der Waals surface area contributed by atoms with Crippen molar-refractivity contribution < 1.29 is 13.2 Å². The van der Waals surface area contributed by atoms with Crippen molar-refractivity contribution in [1.82, 2.24) is 9.13 Å². The fourth-order valence-electron chi connectivity index (χ4n) is 7.22. The van der Waals surface area contributed by atoms with E-state index in [9.17, 15) is 10.5 Å². The predicted octanol–water partition coefficient (Wildman–Crippen LogP) is 12.5. The molecular weight excluding hydrogens is 686 g/mol. The predicted molar refractivity (Wildman–Crippen MR) is 200 cm³/mol. The molecule has 0 saturated heterocycles. The number of hydrogen-bond donors (Lipinski definition) is 0. The van der Waals surface area contributed by atoms with Gasteiger partial charge in [0.1, 0.15) is 0 Å². The van der Waals surface area contributed by atoms with Crippen LogP contribution in [0, 0.1) is 49.0 Å². The van der Waals surface area contributed by atoms with Crippen molar-refractivity contribution in [3.63, 3.8) is 0 Å². The van der Waals surface area contributed by atoms with Crippen LogP contribution >= 0.6 is 0 Å². The van der Waals surface area contributed by atoms with Crippen molar-refractivity contribution in [3.8, 4) is 34.6 Å². The number of fused-ring (bicyclic) bond motifs is 6. The quantitative estimate of drug-likeness (QED) is 0.172. The first-order valence-electron chi connectivity index (χ1n) is 16.0. The standard InChI is InChI=1S/C43H17F3N8/c1-49-26-9-13-30-29-12-8-24(22-47)16-35(29)53(36(30)19-26)39-17-25(23-48)18-40(42(39)41-33(43(44,45)46)6-5-7-34(41)52-4)54-37-20-27(50-2)10-14-31(37)32-15-11-28(51-3)21-38(32)54/h5-21H. The summed E-state index contributed by atoms with van der Waals surface area (Å²) in [6, 6.07) is 30.2. The molecule has 6 aromatic carbocycles. The fraction of sp³-hybridized carbons (Fsp3) is 0.0233. The molecule has 0 N–H and O–H groups in total. The number of aromatic nitrogens is 2. The van der Waals surface area contributed by atoms with Gasteiger partial charge in [-0.25, -0.2) is 19.4 Å². The normalized spacial score (nSPS) is 11.1. The van der Waals surface area contributed by atoms with Gasteiger partial charge in [-0.1, -0.05) is 60.7 Å². The summed E-state index contributed by atoms with van der Waals surface area (Å²) in [5, 5.41) is 23.0. The van der Waals surface area contributed by atoms with E-state index in [1.165, 1.54) is 18.2 Å². The molecule has 0 atom stereocenters. The molecule has 0 aliphatic heterocycles. The van der Waals surface area contributed by atoms with Crippen molar-refractivity contribution in [1.29, 1.82) is 10.5 Å². The number of benzene rings is 6. The monoisotopic (exact) mass is 702 g/mol. The molecule has 2 heterocycles. The summed E-state index contributed by atoms with van der Waals surface area (Å²) in [5.41, 5.74) is 0.868. The molecule has 0 fully saturated rings. The highest BCUT2D eigenvalue weighted by Gasteiger charge is 2.37. The zero-order chi connectivity index (χ0) is 37.9. The zero-order valence-corrected chi connectivity index (χ0v) is 27.5. The molecule has 0 bridgehead atoms. The topological polar surface area (TPSA) is 74.9 Å². The van der Waals surface area contributed by atoms with Gasteiger partial charge in [-0.3, -0.25) is 0 Å². The molecule has 0 aliphatic rings. The van der Waals surface area contributed by atoms with E-state index >= 15 is 13.2 Å². The molecule has 54 heavy (non-hydrogen) atoms. The Bertz CT molecular complexity index is 2920. The smallest absolute Gasteiger partial charge is 0.311 e. The third kappa shape index (κ3) is 4.87. The molecule has 0 aliphatic carbocycles. The van der Waals surface area contributed by atoms with Crippen LogP contribution < -0.4 is 0 Å². The van der Waals surface area contributed by atoms with Crippen molar-refractivity contribution in [2.24, 2.45) is 0 Å². The Hall–Kier alpha value is -8.35. The molecule has 0 amide bonds. The summed E-state index contributed by atoms with van der Waals surface area (Å²) in [6.45, 7) is 31.4. The summed E-state index contributed by atoms with van der Waals surface area (Å²) in [7, 11) is 0. The summed E-state index contributed by atoms with van der Waals surface area (Å²) in [5.74, 6) is 0. The second-order valence-corrected chi connectivity index (χ2v) is 12.3. The van der Waals surface area contributed by atoms with Crippen LogP contribution in [-0.4, -0.2) is 9.13 Å². The minimum absolute atomic E-state index is 0.0445. The molecule has 2 aromatic heterocycles.